The summed E-state index contributed by atoms with van der Waals surface area (Å²) < 4.78 is 16.1. The van der Waals surface area contributed by atoms with E-state index in [9.17, 15) is 9.00 Å². The molecule has 3 rings (SSSR count). The molecule has 136 valence electrons. The van der Waals surface area contributed by atoms with Gasteiger partial charge in [-0.2, -0.15) is 5.10 Å². The first-order valence-electron chi connectivity index (χ1n) is 8.37. The lowest BCUT2D eigenvalue weighted by Crippen LogP contribution is -2.13. The molecular weight excluding hydrogens is 350 g/mol. The molecule has 1 aromatic carbocycles. The minimum atomic E-state index is -1.50. The van der Waals surface area contributed by atoms with Crippen molar-refractivity contribution < 1.29 is 14.1 Å². The number of aryl methyl sites for hydroxylation is 2. The average molecular weight is 371 g/mol. The molecule has 7 heteroatoms. The molecule has 6 nitrogen and oxygen atoms in total. The third-order valence-corrected chi connectivity index (χ3v) is 5.24. The Morgan fingerprint density at radius 2 is 1.96 bits per heavy atom. The minimum Gasteiger partial charge on any atom is -0.481 e. The molecule has 0 spiro atoms. The van der Waals surface area contributed by atoms with E-state index in [2.05, 4.69) is 0 Å². The summed E-state index contributed by atoms with van der Waals surface area (Å²) in [5, 5.41) is 13.7. The van der Waals surface area contributed by atoms with Gasteiger partial charge in [0, 0.05) is 28.8 Å². The van der Waals surface area contributed by atoms with Crippen LogP contribution in [0.25, 0.3) is 11.5 Å². The molecule has 1 atom stereocenters. The van der Waals surface area contributed by atoms with Crippen molar-refractivity contribution in [2.75, 3.05) is 5.75 Å². The van der Waals surface area contributed by atoms with E-state index in [1.165, 1.54) is 0 Å². The highest BCUT2D eigenvalue weighted by molar-refractivity contribution is 7.84. The van der Waals surface area contributed by atoms with E-state index >= 15 is 0 Å². The van der Waals surface area contributed by atoms with Crippen molar-refractivity contribution in [2.24, 2.45) is 0 Å². The summed E-state index contributed by atoms with van der Waals surface area (Å²) in [6.45, 7) is 4.01. The Labute approximate surface area is 154 Å². The Morgan fingerprint density at radius 1 is 1.23 bits per heavy atom. The number of hydrogen-bond acceptors (Lipinski definition) is 3. The predicted octanol–water partition coefficient (Wildman–Crippen LogP) is 2.87. The standard InChI is InChI=1S/C19H21N3O3S/c1-3-17-16(12-26(25)13-18(23)24)19(21-9-4-5-10-21)22(20-17)15-8-6-7-14(2)11-15/h4-11H,3,12-13H2,1-2H3,(H,23,24). The lowest BCUT2D eigenvalue weighted by atomic mass is 10.2. The third-order valence-electron chi connectivity index (χ3n) is 4.06. The van der Waals surface area contributed by atoms with Gasteiger partial charge in [0.2, 0.25) is 0 Å². The van der Waals surface area contributed by atoms with E-state index in [4.69, 9.17) is 10.2 Å². The Balaban J connectivity index is 2.16. The van der Waals surface area contributed by atoms with Gasteiger partial charge in [0.15, 0.2) is 0 Å². The molecule has 2 heterocycles. The fourth-order valence-corrected chi connectivity index (χ4v) is 3.94. The van der Waals surface area contributed by atoms with Crippen LogP contribution >= 0.6 is 0 Å². The summed E-state index contributed by atoms with van der Waals surface area (Å²) in [4.78, 5) is 10.9. The fourth-order valence-electron chi connectivity index (χ4n) is 2.95. The molecule has 1 N–H and O–H groups in total. The van der Waals surface area contributed by atoms with Crippen LogP contribution in [0.15, 0.2) is 48.8 Å². The van der Waals surface area contributed by atoms with Gasteiger partial charge in [0.25, 0.3) is 0 Å². The number of benzene rings is 1. The topological polar surface area (TPSA) is 77.1 Å². The molecule has 0 bridgehead atoms. The fraction of sp³-hybridized carbons (Fsp3) is 0.263. The molecule has 1 unspecified atom stereocenters. The van der Waals surface area contributed by atoms with Crippen molar-refractivity contribution in [2.45, 2.75) is 26.0 Å². The summed E-state index contributed by atoms with van der Waals surface area (Å²) in [6, 6.07) is 11.8. The van der Waals surface area contributed by atoms with Crippen LogP contribution in [0.4, 0.5) is 0 Å². The van der Waals surface area contributed by atoms with Gasteiger partial charge in [-0.05, 0) is 43.2 Å². The number of carboxylic acids is 1. The first-order chi connectivity index (χ1) is 12.5. The maximum Gasteiger partial charge on any atom is 0.316 e. The summed E-state index contributed by atoms with van der Waals surface area (Å²) in [6.07, 6.45) is 4.49. The molecule has 3 aromatic rings. The molecule has 2 aromatic heterocycles. The Hall–Kier alpha value is -2.67. The zero-order chi connectivity index (χ0) is 18.7. The summed E-state index contributed by atoms with van der Waals surface area (Å²) in [7, 11) is -1.50. The average Bonchev–Trinajstić information content (AvgIpc) is 3.21. The van der Waals surface area contributed by atoms with E-state index in [1.54, 1.807) is 0 Å². The van der Waals surface area contributed by atoms with Crippen LogP contribution in [-0.2, 0) is 27.8 Å². The van der Waals surface area contributed by atoms with Gasteiger partial charge in [-0.3, -0.25) is 9.00 Å². The number of carboxylic acid groups (broad SMARTS) is 1. The maximum absolute atomic E-state index is 12.3. The van der Waals surface area contributed by atoms with Crippen LogP contribution < -0.4 is 0 Å². The molecule has 0 amide bonds. The van der Waals surface area contributed by atoms with Crippen LogP contribution in [0.5, 0.6) is 0 Å². The van der Waals surface area contributed by atoms with Crippen molar-refractivity contribution >= 4 is 16.8 Å². The van der Waals surface area contributed by atoms with E-state index < -0.39 is 16.8 Å². The molecule has 0 radical (unpaired) electrons. The molecule has 0 fully saturated rings. The summed E-state index contributed by atoms with van der Waals surface area (Å²) in [5.74, 6) is -0.468. The Bertz CT molecular complexity index is 945. The normalized spacial score (nSPS) is 12.2. The van der Waals surface area contributed by atoms with Gasteiger partial charge in [0.05, 0.1) is 17.1 Å². The van der Waals surface area contributed by atoms with E-state index in [0.717, 1.165) is 28.3 Å². The number of aliphatic carboxylic acids is 1. The second kappa shape index (κ2) is 7.70. The summed E-state index contributed by atoms with van der Waals surface area (Å²) >= 11 is 0. The largest absolute Gasteiger partial charge is 0.481 e. The molecular formula is C19H21N3O3S. The van der Waals surface area contributed by atoms with Gasteiger partial charge >= 0.3 is 5.97 Å². The zero-order valence-electron chi connectivity index (χ0n) is 14.8. The highest BCUT2D eigenvalue weighted by atomic mass is 32.2. The number of aromatic nitrogens is 3. The highest BCUT2D eigenvalue weighted by Gasteiger charge is 2.22. The molecule has 0 aliphatic rings. The second-order valence-corrected chi connectivity index (χ2v) is 7.52. The number of rotatable bonds is 7. The van der Waals surface area contributed by atoms with Crippen LogP contribution in [0, 0.1) is 6.92 Å². The first-order valence-corrected chi connectivity index (χ1v) is 9.86. The number of hydrogen-bond donors (Lipinski definition) is 1. The third kappa shape index (κ3) is 3.77. The lowest BCUT2D eigenvalue weighted by molar-refractivity contribution is -0.133. The van der Waals surface area contributed by atoms with Gasteiger partial charge < -0.3 is 9.67 Å². The molecule has 0 saturated heterocycles. The Kier molecular flexibility index (Phi) is 5.37. The lowest BCUT2D eigenvalue weighted by Gasteiger charge is -2.11. The predicted molar refractivity (Wildman–Crippen MR) is 101 cm³/mol. The molecule has 0 aliphatic heterocycles. The minimum absolute atomic E-state index is 0.162. The van der Waals surface area contributed by atoms with Crippen LogP contribution in [0.3, 0.4) is 0 Å². The van der Waals surface area contributed by atoms with Crippen LogP contribution in [0.2, 0.25) is 0 Å². The van der Waals surface area contributed by atoms with Gasteiger partial charge in [-0.1, -0.05) is 19.1 Å². The highest BCUT2D eigenvalue weighted by Crippen LogP contribution is 2.25. The van der Waals surface area contributed by atoms with Crippen LogP contribution in [-0.4, -0.2) is 35.4 Å². The Morgan fingerprint density at radius 3 is 2.58 bits per heavy atom. The molecule has 0 aliphatic carbocycles. The SMILES string of the molecule is CCc1nn(-c2cccc(C)c2)c(-n2cccc2)c1CS(=O)CC(=O)O. The van der Waals surface area contributed by atoms with Crippen molar-refractivity contribution in [3.05, 3.63) is 65.6 Å². The van der Waals surface area contributed by atoms with E-state index in [0.29, 0.717) is 6.42 Å². The quantitative estimate of drug-likeness (QED) is 0.693. The molecule has 26 heavy (non-hydrogen) atoms. The maximum atomic E-state index is 12.3. The smallest absolute Gasteiger partial charge is 0.316 e. The van der Waals surface area contributed by atoms with Gasteiger partial charge in [-0.15, -0.1) is 0 Å². The molecule has 0 saturated carbocycles. The van der Waals surface area contributed by atoms with Gasteiger partial charge in [-0.25, -0.2) is 4.68 Å². The monoisotopic (exact) mass is 371 g/mol. The van der Waals surface area contributed by atoms with E-state index in [1.807, 2.05) is 71.9 Å². The second-order valence-electron chi connectivity index (χ2n) is 6.07. The van der Waals surface area contributed by atoms with Crippen LogP contribution in [0.1, 0.15) is 23.7 Å². The van der Waals surface area contributed by atoms with Crippen molar-refractivity contribution in [1.82, 2.24) is 14.3 Å². The van der Waals surface area contributed by atoms with Crippen molar-refractivity contribution in [1.29, 1.82) is 0 Å². The van der Waals surface area contributed by atoms with E-state index in [-0.39, 0.29) is 11.5 Å². The number of carbonyl (C=O) groups is 1. The summed E-state index contributed by atoms with van der Waals surface area (Å²) in [5.41, 5.74) is 3.68. The zero-order valence-corrected chi connectivity index (χ0v) is 15.6. The van der Waals surface area contributed by atoms with Crippen molar-refractivity contribution in [3.8, 4) is 11.5 Å². The van der Waals surface area contributed by atoms with Gasteiger partial charge in [0.1, 0.15) is 11.6 Å². The first kappa shape index (κ1) is 18.1. The van der Waals surface area contributed by atoms with Crippen molar-refractivity contribution in [3.63, 3.8) is 0 Å². The number of nitrogens with zero attached hydrogens (tertiary/aromatic N) is 3.